The molecule has 8 heteroatoms. The number of rotatable bonds is 3. The Morgan fingerprint density at radius 3 is 2.39 bits per heavy atom. The van der Waals surface area contributed by atoms with Gasteiger partial charge < -0.3 is 9.80 Å². The van der Waals surface area contributed by atoms with E-state index in [-0.39, 0.29) is 28.7 Å². The number of carbonyl (C=O) groups excluding carboxylic acids is 2. The quantitative estimate of drug-likeness (QED) is 0.695. The van der Waals surface area contributed by atoms with Crippen LogP contribution in [-0.4, -0.2) is 50.2 Å². The maximum Gasteiger partial charge on any atom is 0.243 e. The fourth-order valence-electron chi connectivity index (χ4n) is 5.53. The summed E-state index contributed by atoms with van der Waals surface area (Å²) in [5, 5.41) is 0. The van der Waals surface area contributed by atoms with E-state index in [0.717, 1.165) is 23.4 Å². The van der Waals surface area contributed by atoms with Gasteiger partial charge in [0.25, 0.3) is 0 Å². The average Bonchev–Trinajstić information content (AvgIpc) is 3.38. The molecule has 1 saturated heterocycles. The molecule has 2 aromatic carbocycles. The van der Waals surface area contributed by atoms with Crippen molar-refractivity contribution in [2.45, 2.75) is 50.5 Å². The highest BCUT2D eigenvalue weighted by molar-refractivity contribution is 7.89. The lowest BCUT2D eigenvalue weighted by atomic mass is 9.96. The summed E-state index contributed by atoms with van der Waals surface area (Å²) < 4.78 is 28.2. The lowest BCUT2D eigenvalue weighted by molar-refractivity contribution is -0.123. The molecule has 0 radical (unpaired) electrons. The van der Waals surface area contributed by atoms with Gasteiger partial charge in [-0.3, -0.25) is 9.59 Å². The van der Waals surface area contributed by atoms with E-state index >= 15 is 0 Å². The SMILES string of the molecule is CC(=O)N1c2ccc(S(=O)(=O)N3CCC(C(=O)N4CCc5ccccc54)CC3)cc2C[C@@H]1C. The number of para-hydroxylation sites is 1. The standard InChI is InChI=1S/C25H29N3O4S/c1-17-15-21-16-22(7-8-24(21)28(17)18(2)29)33(31,32)26-12-9-20(10-13-26)25(30)27-14-11-19-5-3-4-6-23(19)27/h3-8,16-17,20H,9-15H2,1-2H3/t17-/m0/s1. The van der Waals surface area contributed by atoms with Crippen molar-refractivity contribution in [2.75, 3.05) is 29.4 Å². The first-order valence-corrected chi connectivity index (χ1v) is 13.0. The van der Waals surface area contributed by atoms with E-state index in [1.54, 1.807) is 23.1 Å². The number of hydrogen-bond acceptors (Lipinski definition) is 4. The van der Waals surface area contributed by atoms with Gasteiger partial charge in [-0.1, -0.05) is 18.2 Å². The van der Waals surface area contributed by atoms with Crippen LogP contribution in [0.1, 0.15) is 37.8 Å². The number of sulfonamides is 1. The first-order valence-electron chi connectivity index (χ1n) is 11.6. The second-order valence-electron chi connectivity index (χ2n) is 9.28. The first kappa shape index (κ1) is 22.1. The molecule has 0 aliphatic carbocycles. The molecule has 0 saturated carbocycles. The highest BCUT2D eigenvalue weighted by Crippen LogP contribution is 2.36. The monoisotopic (exact) mass is 467 g/mol. The smallest absolute Gasteiger partial charge is 0.243 e. The van der Waals surface area contributed by atoms with Crippen LogP contribution in [0.4, 0.5) is 11.4 Å². The zero-order chi connectivity index (χ0) is 23.3. The number of nitrogens with zero attached hydrogens (tertiary/aromatic N) is 3. The molecular weight excluding hydrogens is 438 g/mol. The number of fused-ring (bicyclic) bond motifs is 2. The Morgan fingerprint density at radius 1 is 0.939 bits per heavy atom. The lowest BCUT2D eigenvalue weighted by Gasteiger charge is -2.32. The predicted octanol–water partition coefficient (Wildman–Crippen LogP) is 2.97. The molecule has 0 bridgehead atoms. The van der Waals surface area contributed by atoms with E-state index in [1.807, 2.05) is 30.0 Å². The van der Waals surface area contributed by atoms with Gasteiger partial charge in [0.05, 0.1) is 4.90 Å². The topological polar surface area (TPSA) is 78.0 Å². The van der Waals surface area contributed by atoms with Gasteiger partial charge in [0.1, 0.15) is 0 Å². The van der Waals surface area contributed by atoms with Gasteiger partial charge in [-0.2, -0.15) is 4.31 Å². The molecule has 7 nitrogen and oxygen atoms in total. The molecule has 3 heterocycles. The molecule has 2 amide bonds. The van der Waals surface area contributed by atoms with Crippen molar-refractivity contribution < 1.29 is 18.0 Å². The number of benzene rings is 2. The first-order chi connectivity index (χ1) is 15.8. The molecule has 33 heavy (non-hydrogen) atoms. The normalized spacial score (nSPS) is 21.2. The summed E-state index contributed by atoms with van der Waals surface area (Å²) >= 11 is 0. The van der Waals surface area contributed by atoms with Crippen LogP contribution < -0.4 is 9.80 Å². The van der Waals surface area contributed by atoms with Crippen molar-refractivity contribution in [1.29, 1.82) is 0 Å². The summed E-state index contributed by atoms with van der Waals surface area (Å²) in [5.74, 6) is -0.0929. The molecule has 174 valence electrons. The van der Waals surface area contributed by atoms with Crippen LogP contribution in [0.3, 0.4) is 0 Å². The summed E-state index contributed by atoms with van der Waals surface area (Å²) in [4.78, 5) is 29.0. The van der Waals surface area contributed by atoms with Crippen molar-refractivity contribution in [3.63, 3.8) is 0 Å². The van der Waals surface area contributed by atoms with Crippen LogP contribution in [0.25, 0.3) is 0 Å². The van der Waals surface area contributed by atoms with Crippen LogP contribution in [0.2, 0.25) is 0 Å². The van der Waals surface area contributed by atoms with Crippen molar-refractivity contribution in [1.82, 2.24) is 4.31 Å². The van der Waals surface area contributed by atoms with Gasteiger partial charge >= 0.3 is 0 Å². The van der Waals surface area contributed by atoms with E-state index in [2.05, 4.69) is 6.07 Å². The minimum atomic E-state index is -3.65. The van der Waals surface area contributed by atoms with Crippen molar-refractivity contribution in [3.8, 4) is 0 Å². The fraction of sp³-hybridized carbons (Fsp3) is 0.440. The Balaban J connectivity index is 1.28. The highest BCUT2D eigenvalue weighted by Gasteiger charge is 2.37. The third-order valence-corrected chi connectivity index (χ3v) is 9.09. The number of amides is 2. The van der Waals surface area contributed by atoms with Crippen LogP contribution in [0.5, 0.6) is 0 Å². The van der Waals surface area contributed by atoms with E-state index < -0.39 is 10.0 Å². The Hall–Kier alpha value is -2.71. The molecule has 0 aromatic heterocycles. The Kier molecular flexibility index (Phi) is 5.53. The summed E-state index contributed by atoms with van der Waals surface area (Å²) in [6, 6.07) is 13.1. The third kappa shape index (κ3) is 3.75. The van der Waals surface area contributed by atoms with Gasteiger partial charge in [0.2, 0.25) is 21.8 Å². The number of anilines is 2. The Bertz CT molecular complexity index is 1220. The average molecular weight is 468 g/mol. The zero-order valence-corrected chi connectivity index (χ0v) is 19.8. The minimum Gasteiger partial charge on any atom is -0.312 e. The van der Waals surface area contributed by atoms with Crippen molar-refractivity contribution in [2.24, 2.45) is 5.92 Å². The second-order valence-corrected chi connectivity index (χ2v) is 11.2. The summed E-state index contributed by atoms with van der Waals surface area (Å²) in [6.45, 7) is 4.86. The minimum absolute atomic E-state index is 0.0212. The van der Waals surface area contributed by atoms with E-state index in [9.17, 15) is 18.0 Å². The number of carbonyl (C=O) groups is 2. The van der Waals surface area contributed by atoms with E-state index in [1.165, 1.54) is 16.8 Å². The summed E-state index contributed by atoms with van der Waals surface area (Å²) in [6.07, 6.45) is 2.56. The summed E-state index contributed by atoms with van der Waals surface area (Å²) in [7, 11) is -3.65. The maximum atomic E-state index is 13.3. The molecule has 0 N–H and O–H groups in total. The van der Waals surface area contributed by atoms with Crippen LogP contribution in [-0.2, 0) is 32.5 Å². The van der Waals surface area contributed by atoms with Crippen molar-refractivity contribution >= 4 is 33.2 Å². The van der Waals surface area contributed by atoms with Gasteiger partial charge in [0.15, 0.2) is 0 Å². The third-order valence-electron chi connectivity index (χ3n) is 7.20. The largest absolute Gasteiger partial charge is 0.312 e. The van der Waals surface area contributed by atoms with Gasteiger partial charge in [0, 0.05) is 49.9 Å². The van der Waals surface area contributed by atoms with E-state index in [0.29, 0.717) is 38.9 Å². The summed E-state index contributed by atoms with van der Waals surface area (Å²) in [5.41, 5.74) is 3.87. The van der Waals surface area contributed by atoms with Gasteiger partial charge in [-0.15, -0.1) is 0 Å². The second kappa shape index (κ2) is 8.25. The van der Waals surface area contributed by atoms with Crippen molar-refractivity contribution in [3.05, 3.63) is 53.6 Å². The Morgan fingerprint density at radius 2 is 1.67 bits per heavy atom. The molecule has 0 unspecified atom stereocenters. The predicted molar refractivity (Wildman–Crippen MR) is 127 cm³/mol. The molecule has 1 atom stereocenters. The zero-order valence-electron chi connectivity index (χ0n) is 19.0. The molecule has 5 rings (SSSR count). The Labute approximate surface area is 195 Å². The van der Waals surface area contributed by atoms with Crippen LogP contribution in [0.15, 0.2) is 47.4 Å². The molecule has 1 fully saturated rings. The lowest BCUT2D eigenvalue weighted by Crippen LogP contribution is -2.44. The molecule has 0 spiro atoms. The highest BCUT2D eigenvalue weighted by atomic mass is 32.2. The van der Waals surface area contributed by atoms with E-state index in [4.69, 9.17) is 0 Å². The van der Waals surface area contributed by atoms with Crippen LogP contribution in [0, 0.1) is 5.92 Å². The number of hydrogen-bond donors (Lipinski definition) is 0. The molecular formula is C25H29N3O4S. The fourth-order valence-corrected chi connectivity index (χ4v) is 7.05. The number of piperidine rings is 1. The van der Waals surface area contributed by atoms with Gasteiger partial charge in [-0.05, 0) is 68.0 Å². The van der Waals surface area contributed by atoms with Gasteiger partial charge in [-0.25, -0.2) is 8.42 Å². The maximum absolute atomic E-state index is 13.3. The molecule has 3 aliphatic heterocycles. The van der Waals surface area contributed by atoms with Crippen LogP contribution >= 0.6 is 0 Å². The molecule has 3 aliphatic rings. The molecule has 2 aromatic rings.